The van der Waals surface area contributed by atoms with E-state index < -0.39 is 0 Å². The van der Waals surface area contributed by atoms with Crippen molar-refractivity contribution in [3.05, 3.63) is 17.6 Å². The second kappa shape index (κ2) is 3.52. The average Bonchev–Trinajstić information content (AvgIpc) is 2.03. The number of aromatic nitrogens is 2. The highest BCUT2D eigenvalue weighted by Crippen LogP contribution is 2.23. The molecule has 0 saturated carbocycles. The zero-order valence-electron chi connectivity index (χ0n) is 8.05. The monoisotopic (exact) mass is 165 g/mol. The summed E-state index contributed by atoms with van der Waals surface area (Å²) in [7, 11) is 1.88. The summed E-state index contributed by atoms with van der Waals surface area (Å²) in [6.07, 6.45) is 1.59. The van der Waals surface area contributed by atoms with Gasteiger partial charge in [-0.15, -0.1) is 0 Å². The van der Waals surface area contributed by atoms with E-state index in [1.54, 1.807) is 6.33 Å². The van der Waals surface area contributed by atoms with Gasteiger partial charge >= 0.3 is 0 Å². The molecule has 1 heterocycles. The maximum atomic E-state index is 4.16. The van der Waals surface area contributed by atoms with Crippen LogP contribution in [0.15, 0.2) is 6.33 Å². The Kier molecular flexibility index (Phi) is 2.63. The van der Waals surface area contributed by atoms with Crippen LogP contribution in [0.3, 0.4) is 0 Å². The normalized spacial score (nSPS) is 10.4. The van der Waals surface area contributed by atoms with E-state index in [-0.39, 0.29) is 0 Å². The fraction of sp³-hybridized carbons (Fsp3) is 0.556. The first-order valence-corrected chi connectivity index (χ1v) is 4.16. The van der Waals surface area contributed by atoms with E-state index in [0.717, 1.165) is 11.5 Å². The SMILES string of the molecule is CNc1ncnc(C)c1C(C)C. The third kappa shape index (κ3) is 1.55. The molecular formula is C9H15N3. The van der Waals surface area contributed by atoms with Crippen molar-refractivity contribution in [1.29, 1.82) is 0 Å². The van der Waals surface area contributed by atoms with E-state index in [0.29, 0.717) is 5.92 Å². The van der Waals surface area contributed by atoms with Crippen LogP contribution in [0.5, 0.6) is 0 Å². The number of aryl methyl sites for hydroxylation is 1. The van der Waals surface area contributed by atoms with E-state index in [2.05, 4.69) is 29.1 Å². The number of anilines is 1. The molecule has 0 fully saturated rings. The van der Waals surface area contributed by atoms with Gasteiger partial charge in [0.25, 0.3) is 0 Å². The van der Waals surface area contributed by atoms with E-state index in [1.165, 1.54) is 5.56 Å². The highest BCUT2D eigenvalue weighted by atomic mass is 15.0. The summed E-state index contributed by atoms with van der Waals surface area (Å²) in [5.41, 5.74) is 2.27. The van der Waals surface area contributed by atoms with Crippen molar-refractivity contribution in [2.75, 3.05) is 12.4 Å². The lowest BCUT2D eigenvalue weighted by molar-refractivity contribution is 0.832. The predicted octanol–water partition coefficient (Wildman–Crippen LogP) is 1.95. The third-order valence-electron chi connectivity index (χ3n) is 1.90. The average molecular weight is 165 g/mol. The van der Waals surface area contributed by atoms with Crippen molar-refractivity contribution in [2.45, 2.75) is 26.7 Å². The molecule has 0 bridgehead atoms. The minimum Gasteiger partial charge on any atom is -0.373 e. The smallest absolute Gasteiger partial charge is 0.132 e. The topological polar surface area (TPSA) is 37.8 Å². The molecule has 66 valence electrons. The van der Waals surface area contributed by atoms with Gasteiger partial charge in [-0.05, 0) is 12.8 Å². The summed E-state index contributed by atoms with van der Waals surface area (Å²) in [6.45, 7) is 6.30. The lowest BCUT2D eigenvalue weighted by Crippen LogP contribution is -2.04. The molecule has 0 aliphatic carbocycles. The van der Waals surface area contributed by atoms with Gasteiger partial charge in [0, 0.05) is 18.3 Å². The van der Waals surface area contributed by atoms with Gasteiger partial charge in [0.05, 0.1) is 0 Å². The molecule has 12 heavy (non-hydrogen) atoms. The van der Waals surface area contributed by atoms with Crippen LogP contribution in [0.2, 0.25) is 0 Å². The lowest BCUT2D eigenvalue weighted by atomic mass is 10.0. The minimum absolute atomic E-state index is 0.466. The molecular weight excluding hydrogens is 150 g/mol. The number of hydrogen-bond donors (Lipinski definition) is 1. The summed E-state index contributed by atoms with van der Waals surface area (Å²) in [4.78, 5) is 8.31. The second-order valence-electron chi connectivity index (χ2n) is 3.13. The van der Waals surface area contributed by atoms with Crippen molar-refractivity contribution in [3.8, 4) is 0 Å². The lowest BCUT2D eigenvalue weighted by Gasteiger charge is -2.12. The van der Waals surface area contributed by atoms with Crippen LogP contribution in [-0.4, -0.2) is 17.0 Å². The van der Waals surface area contributed by atoms with Gasteiger partial charge in [-0.2, -0.15) is 0 Å². The zero-order chi connectivity index (χ0) is 9.14. The quantitative estimate of drug-likeness (QED) is 0.727. The Morgan fingerprint density at radius 1 is 1.33 bits per heavy atom. The van der Waals surface area contributed by atoms with Gasteiger partial charge in [-0.3, -0.25) is 0 Å². The first-order chi connectivity index (χ1) is 5.66. The van der Waals surface area contributed by atoms with Gasteiger partial charge < -0.3 is 5.32 Å². The number of nitrogens with zero attached hydrogens (tertiary/aromatic N) is 2. The molecule has 0 saturated heterocycles. The Labute approximate surface area is 73.2 Å². The fourth-order valence-corrected chi connectivity index (χ4v) is 1.37. The van der Waals surface area contributed by atoms with Crippen LogP contribution >= 0.6 is 0 Å². The maximum absolute atomic E-state index is 4.16. The highest BCUT2D eigenvalue weighted by Gasteiger charge is 2.09. The van der Waals surface area contributed by atoms with Gasteiger partial charge in [-0.25, -0.2) is 9.97 Å². The van der Waals surface area contributed by atoms with Gasteiger partial charge in [0.1, 0.15) is 12.1 Å². The van der Waals surface area contributed by atoms with E-state index in [1.807, 2.05) is 14.0 Å². The largest absolute Gasteiger partial charge is 0.373 e. The molecule has 1 aromatic rings. The molecule has 0 aliphatic rings. The molecule has 0 atom stereocenters. The van der Waals surface area contributed by atoms with Crippen LogP contribution in [0, 0.1) is 6.92 Å². The van der Waals surface area contributed by atoms with Gasteiger partial charge in [0.2, 0.25) is 0 Å². The Bertz CT molecular complexity index is 268. The molecule has 1 rings (SSSR count). The van der Waals surface area contributed by atoms with Crippen LogP contribution in [-0.2, 0) is 0 Å². The highest BCUT2D eigenvalue weighted by molar-refractivity contribution is 5.46. The molecule has 3 heteroatoms. The minimum atomic E-state index is 0.466. The van der Waals surface area contributed by atoms with Crippen LogP contribution in [0.25, 0.3) is 0 Å². The van der Waals surface area contributed by atoms with E-state index in [4.69, 9.17) is 0 Å². The Morgan fingerprint density at radius 3 is 2.42 bits per heavy atom. The molecule has 0 amide bonds. The second-order valence-corrected chi connectivity index (χ2v) is 3.13. The number of rotatable bonds is 2. The Morgan fingerprint density at radius 2 is 2.00 bits per heavy atom. The molecule has 0 aromatic carbocycles. The molecule has 1 aromatic heterocycles. The van der Waals surface area contributed by atoms with E-state index >= 15 is 0 Å². The molecule has 0 aliphatic heterocycles. The Hall–Kier alpha value is -1.12. The molecule has 3 nitrogen and oxygen atoms in total. The van der Waals surface area contributed by atoms with Crippen molar-refractivity contribution in [2.24, 2.45) is 0 Å². The maximum Gasteiger partial charge on any atom is 0.132 e. The van der Waals surface area contributed by atoms with Gasteiger partial charge in [-0.1, -0.05) is 13.8 Å². The first kappa shape index (κ1) is 8.97. The van der Waals surface area contributed by atoms with Crippen molar-refractivity contribution < 1.29 is 0 Å². The van der Waals surface area contributed by atoms with Crippen LogP contribution in [0.1, 0.15) is 31.0 Å². The van der Waals surface area contributed by atoms with Crippen molar-refractivity contribution >= 4 is 5.82 Å². The zero-order valence-corrected chi connectivity index (χ0v) is 8.05. The summed E-state index contributed by atoms with van der Waals surface area (Å²) in [6, 6.07) is 0. The number of nitrogens with one attached hydrogen (secondary N) is 1. The fourth-order valence-electron chi connectivity index (χ4n) is 1.37. The standard InChI is InChI=1S/C9H15N3/c1-6(2)8-7(3)11-5-12-9(8)10-4/h5-6H,1-4H3,(H,10,11,12). The summed E-state index contributed by atoms with van der Waals surface area (Å²) >= 11 is 0. The summed E-state index contributed by atoms with van der Waals surface area (Å²) in [5, 5.41) is 3.07. The van der Waals surface area contributed by atoms with E-state index in [9.17, 15) is 0 Å². The van der Waals surface area contributed by atoms with Crippen LogP contribution in [0.4, 0.5) is 5.82 Å². The summed E-state index contributed by atoms with van der Waals surface area (Å²) in [5.74, 6) is 1.41. The predicted molar refractivity (Wildman–Crippen MR) is 50.4 cm³/mol. The number of hydrogen-bond acceptors (Lipinski definition) is 3. The molecule has 0 unspecified atom stereocenters. The molecule has 0 radical (unpaired) electrons. The molecule has 1 N–H and O–H groups in total. The van der Waals surface area contributed by atoms with Crippen molar-refractivity contribution in [1.82, 2.24) is 9.97 Å². The van der Waals surface area contributed by atoms with Gasteiger partial charge in [0.15, 0.2) is 0 Å². The molecule has 0 spiro atoms. The van der Waals surface area contributed by atoms with Crippen LogP contribution < -0.4 is 5.32 Å². The van der Waals surface area contributed by atoms with Crippen molar-refractivity contribution in [3.63, 3.8) is 0 Å². The third-order valence-corrected chi connectivity index (χ3v) is 1.90. The first-order valence-electron chi connectivity index (χ1n) is 4.16. The Balaban J connectivity index is 3.20. The summed E-state index contributed by atoms with van der Waals surface area (Å²) < 4.78 is 0.